The molecule has 1 atom stereocenters. The van der Waals surface area contributed by atoms with Gasteiger partial charge in [-0.05, 0) is 73.1 Å². The standard InChI is InChI=1S/C19H24N6O2S2/c1-28-19-22-23-24-25(19)12-6-7-14-13(8-12)15(17(27)20-9-10-2-3-10)18(29-14)21-16(26)11-4-5-11/h10-12H,2-9H2,1H3,(H,20,27)(H,21,26). The van der Waals surface area contributed by atoms with Gasteiger partial charge in [-0.1, -0.05) is 11.8 Å². The van der Waals surface area contributed by atoms with E-state index in [1.54, 1.807) is 11.3 Å². The molecule has 2 N–H and O–H groups in total. The van der Waals surface area contributed by atoms with Gasteiger partial charge in [0.25, 0.3) is 5.91 Å². The quantitative estimate of drug-likeness (QED) is 0.652. The fourth-order valence-corrected chi connectivity index (χ4v) is 5.59. The third-order valence-electron chi connectivity index (χ3n) is 5.89. The van der Waals surface area contributed by atoms with Gasteiger partial charge < -0.3 is 10.6 Å². The van der Waals surface area contributed by atoms with E-state index in [0.29, 0.717) is 29.4 Å². The summed E-state index contributed by atoms with van der Waals surface area (Å²) in [4.78, 5) is 26.7. The largest absolute Gasteiger partial charge is 0.352 e. The fraction of sp³-hybridized carbons (Fsp3) is 0.632. The maximum atomic E-state index is 13.1. The number of thioether (sulfide) groups is 1. The third-order valence-corrected chi connectivity index (χ3v) is 7.73. The number of carbonyl (C=O) groups excluding carboxylic acids is 2. The summed E-state index contributed by atoms with van der Waals surface area (Å²) in [6.07, 6.45) is 8.71. The van der Waals surface area contributed by atoms with Crippen molar-refractivity contribution in [3.63, 3.8) is 0 Å². The van der Waals surface area contributed by atoms with E-state index in [1.165, 1.54) is 29.5 Å². The van der Waals surface area contributed by atoms with Gasteiger partial charge in [0.05, 0.1) is 11.6 Å². The highest BCUT2D eigenvalue weighted by Crippen LogP contribution is 2.42. The summed E-state index contributed by atoms with van der Waals surface area (Å²) in [5, 5.41) is 19.7. The number of fused-ring (bicyclic) bond motifs is 1. The number of rotatable bonds is 7. The van der Waals surface area contributed by atoms with Crippen molar-refractivity contribution in [3.8, 4) is 0 Å². The van der Waals surface area contributed by atoms with Crippen molar-refractivity contribution in [1.82, 2.24) is 25.5 Å². The average Bonchev–Trinajstić information content (AvgIpc) is 3.65. The summed E-state index contributed by atoms with van der Waals surface area (Å²) in [7, 11) is 0. The molecule has 0 aromatic carbocycles. The number of thiophene rings is 1. The zero-order valence-corrected chi connectivity index (χ0v) is 17.9. The molecule has 10 heteroatoms. The van der Waals surface area contributed by atoms with Gasteiger partial charge in [0.15, 0.2) is 0 Å². The topological polar surface area (TPSA) is 102 Å². The summed E-state index contributed by atoms with van der Waals surface area (Å²) in [5.41, 5.74) is 1.70. The Hall–Kier alpha value is -1.94. The van der Waals surface area contributed by atoms with Crippen LogP contribution in [-0.4, -0.2) is 44.8 Å². The molecule has 0 bridgehead atoms. The Morgan fingerprint density at radius 1 is 1.24 bits per heavy atom. The van der Waals surface area contributed by atoms with E-state index >= 15 is 0 Å². The van der Waals surface area contributed by atoms with E-state index in [9.17, 15) is 9.59 Å². The Bertz CT molecular complexity index is 947. The summed E-state index contributed by atoms with van der Waals surface area (Å²) in [6, 6.07) is 0.122. The summed E-state index contributed by atoms with van der Waals surface area (Å²) in [6.45, 7) is 0.715. The van der Waals surface area contributed by atoms with Crippen LogP contribution in [-0.2, 0) is 17.6 Å². The van der Waals surface area contributed by atoms with Gasteiger partial charge in [-0.25, -0.2) is 4.68 Å². The monoisotopic (exact) mass is 432 g/mol. The lowest BCUT2D eigenvalue weighted by Gasteiger charge is -2.23. The number of anilines is 1. The minimum absolute atomic E-state index is 0.0431. The van der Waals surface area contributed by atoms with Crippen LogP contribution in [0.15, 0.2) is 5.16 Å². The number of aromatic nitrogens is 4. The summed E-state index contributed by atoms with van der Waals surface area (Å²) >= 11 is 3.09. The van der Waals surface area contributed by atoms with Crippen molar-refractivity contribution in [2.75, 3.05) is 18.1 Å². The van der Waals surface area contributed by atoms with Crippen LogP contribution in [0.5, 0.6) is 0 Å². The van der Waals surface area contributed by atoms with Crippen molar-refractivity contribution >= 4 is 39.9 Å². The predicted octanol–water partition coefficient (Wildman–Crippen LogP) is 2.67. The zero-order chi connectivity index (χ0) is 20.0. The number of hydrogen-bond acceptors (Lipinski definition) is 7. The summed E-state index contributed by atoms with van der Waals surface area (Å²) in [5.74, 6) is 0.690. The number of nitrogens with one attached hydrogen (secondary N) is 2. The Morgan fingerprint density at radius 2 is 2.07 bits per heavy atom. The van der Waals surface area contributed by atoms with Crippen molar-refractivity contribution in [3.05, 3.63) is 16.0 Å². The van der Waals surface area contributed by atoms with Crippen LogP contribution < -0.4 is 10.6 Å². The Morgan fingerprint density at radius 3 is 2.79 bits per heavy atom. The number of carbonyl (C=O) groups is 2. The van der Waals surface area contributed by atoms with Gasteiger partial charge in [-0.2, -0.15) is 0 Å². The predicted molar refractivity (Wildman–Crippen MR) is 111 cm³/mol. The van der Waals surface area contributed by atoms with E-state index in [2.05, 4.69) is 26.2 Å². The first-order valence-electron chi connectivity index (χ1n) is 10.2. The number of tetrazole rings is 1. The smallest absolute Gasteiger partial charge is 0.254 e. The summed E-state index contributed by atoms with van der Waals surface area (Å²) < 4.78 is 1.87. The first-order valence-corrected chi connectivity index (χ1v) is 12.2. The fourth-order valence-electron chi connectivity index (χ4n) is 3.86. The molecule has 2 aromatic heterocycles. The lowest BCUT2D eigenvalue weighted by Crippen LogP contribution is -2.29. The van der Waals surface area contributed by atoms with Gasteiger partial charge in [0, 0.05) is 17.3 Å². The molecule has 3 aliphatic rings. The molecule has 0 saturated heterocycles. The van der Waals surface area contributed by atoms with Crippen molar-refractivity contribution in [1.29, 1.82) is 0 Å². The second-order valence-corrected chi connectivity index (χ2v) is 10.0. The number of amides is 2. The van der Waals surface area contributed by atoms with Crippen LogP contribution >= 0.6 is 23.1 Å². The third kappa shape index (κ3) is 3.92. The maximum absolute atomic E-state index is 13.1. The molecular weight excluding hydrogens is 408 g/mol. The highest BCUT2D eigenvalue weighted by atomic mass is 32.2. The number of nitrogens with zero attached hydrogens (tertiary/aromatic N) is 4. The average molecular weight is 433 g/mol. The molecular formula is C19H24N6O2S2. The molecule has 2 saturated carbocycles. The minimum Gasteiger partial charge on any atom is -0.352 e. The molecule has 2 aromatic rings. The van der Waals surface area contributed by atoms with Crippen molar-refractivity contribution < 1.29 is 9.59 Å². The highest BCUT2D eigenvalue weighted by molar-refractivity contribution is 7.98. The van der Waals surface area contributed by atoms with E-state index in [4.69, 9.17) is 0 Å². The molecule has 0 spiro atoms. The van der Waals surface area contributed by atoms with E-state index in [-0.39, 0.29) is 23.8 Å². The van der Waals surface area contributed by atoms with E-state index in [1.807, 2.05) is 10.9 Å². The van der Waals surface area contributed by atoms with Crippen LogP contribution in [0.1, 0.15) is 58.9 Å². The minimum atomic E-state index is -0.0667. The second kappa shape index (κ2) is 7.71. The molecule has 0 aliphatic heterocycles. The second-order valence-electron chi connectivity index (χ2n) is 8.13. The molecule has 2 fully saturated rings. The highest BCUT2D eigenvalue weighted by Gasteiger charge is 2.35. The van der Waals surface area contributed by atoms with Gasteiger partial charge in [-0.15, -0.1) is 16.4 Å². The van der Waals surface area contributed by atoms with Crippen LogP contribution in [0, 0.1) is 11.8 Å². The van der Waals surface area contributed by atoms with Gasteiger partial charge >= 0.3 is 0 Å². The maximum Gasteiger partial charge on any atom is 0.254 e. The molecule has 1 unspecified atom stereocenters. The number of hydrogen-bond donors (Lipinski definition) is 2. The first-order chi connectivity index (χ1) is 14.1. The van der Waals surface area contributed by atoms with Crippen molar-refractivity contribution in [2.24, 2.45) is 11.8 Å². The van der Waals surface area contributed by atoms with Crippen LogP contribution in [0.2, 0.25) is 0 Å². The molecule has 5 rings (SSSR count). The molecule has 0 radical (unpaired) electrons. The van der Waals surface area contributed by atoms with Gasteiger partial charge in [-0.3, -0.25) is 9.59 Å². The van der Waals surface area contributed by atoms with Crippen LogP contribution in [0.3, 0.4) is 0 Å². The van der Waals surface area contributed by atoms with Gasteiger partial charge in [0.2, 0.25) is 11.1 Å². The van der Waals surface area contributed by atoms with Crippen LogP contribution in [0.25, 0.3) is 0 Å². The normalized spacial score (nSPS) is 20.9. The molecule has 2 heterocycles. The SMILES string of the molecule is CSc1nnnn1C1CCc2sc(NC(=O)C3CC3)c(C(=O)NCC3CC3)c2C1. The molecule has 2 amide bonds. The van der Waals surface area contributed by atoms with Crippen LogP contribution in [0.4, 0.5) is 5.00 Å². The molecule has 29 heavy (non-hydrogen) atoms. The lowest BCUT2D eigenvalue weighted by atomic mass is 9.91. The zero-order valence-electron chi connectivity index (χ0n) is 16.3. The van der Waals surface area contributed by atoms with Gasteiger partial charge in [0.1, 0.15) is 5.00 Å². The number of aryl methyl sites for hydroxylation is 1. The van der Waals surface area contributed by atoms with Crippen molar-refractivity contribution in [2.45, 2.75) is 56.1 Å². The molecule has 3 aliphatic carbocycles. The lowest BCUT2D eigenvalue weighted by molar-refractivity contribution is -0.117. The Labute approximate surface area is 177 Å². The first kappa shape index (κ1) is 19.0. The Kier molecular flexibility index (Phi) is 5.07. The molecule has 8 nitrogen and oxygen atoms in total. The molecule has 154 valence electrons. The Balaban J connectivity index is 1.44. The van der Waals surface area contributed by atoms with E-state index < -0.39 is 0 Å². The van der Waals surface area contributed by atoms with E-state index in [0.717, 1.165) is 36.4 Å².